The quantitative estimate of drug-likeness (QED) is 0.434. The molecule has 6 heteroatoms. The van der Waals surface area contributed by atoms with E-state index in [9.17, 15) is 8.53 Å². The SMILES string of the molecule is CO[As](=O)(O)OC=O. The van der Waals surface area contributed by atoms with Gasteiger partial charge < -0.3 is 0 Å². The van der Waals surface area contributed by atoms with Crippen molar-refractivity contribution >= 4 is 21.0 Å². The van der Waals surface area contributed by atoms with Crippen molar-refractivity contribution in [1.82, 2.24) is 0 Å². The summed E-state index contributed by atoms with van der Waals surface area (Å²) >= 11 is -4.60. The fraction of sp³-hybridized carbons (Fsp3) is 0.500. The summed E-state index contributed by atoms with van der Waals surface area (Å²) in [5, 5.41) is 0. The Kier molecular flexibility index (Phi) is 2.82. The molecule has 0 amide bonds. The first-order valence-electron chi connectivity index (χ1n) is 1.63. The van der Waals surface area contributed by atoms with Crippen molar-refractivity contribution in [2.45, 2.75) is 0 Å². The van der Waals surface area contributed by atoms with Crippen LogP contribution in [-0.4, -0.2) is 32.2 Å². The van der Waals surface area contributed by atoms with Crippen molar-refractivity contribution in [2.24, 2.45) is 0 Å². The number of carbonyl (C=O) groups is 1. The fourth-order valence-electron chi connectivity index (χ4n) is 0.0974. The van der Waals surface area contributed by atoms with Crippen LogP contribution >= 0.6 is 0 Å². The van der Waals surface area contributed by atoms with Gasteiger partial charge >= 0.3 is 48.2 Å². The van der Waals surface area contributed by atoms with Gasteiger partial charge in [0.25, 0.3) is 0 Å². The Morgan fingerprint density at radius 3 is 2.38 bits per heavy atom. The summed E-state index contributed by atoms with van der Waals surface area (Å²) in [7, 11) is 0.990. The van der Waals surface area contributed by atoms with Gasteiger partial charge in [0, 0.05) is 0 Å². The van der Waals surface area contributed by atoms with E-state index in [4.69, 9.17) is 4.10 Å². The van der Waals surface area contributed by atoms with Crippen LogP contribution in [-0.2, 0) is 16.0 Å². The first-order valence-corrected chi connectivity index (χ1v) is 4.76. The normalized spacial score (nSPS) is 16.8. The minimum atomic E-state index is -4.60. The van der Waals surface area contributed by atoms with E-state index in [2.05, 4.69) is 7.45 Å². The molecule has 0 heterocycles. The molecule has 0 aromatic rings. The van der Waals surface area contributed by atoms with E-state index in [-0.39, 0.29) is 6.47 Å². The summed E-state index contributed by atoms with van der Waals surface area (Å²) in [5.41, 5.74) is 0. The molecule has 0 radical (unpaired) electrons. The van der Waals surface area contributed by atoms with Crippen molar-refractivity contribution in [1.29, 1.82) is 0 Å². The van der Waals surface area contributed by atoms with E-state index in [1.807, 2.05) is 0 Å². The molecular formula is C2H5AsO5. The molecule has 1 unspecified atom stereocenters. The molecule has 1 N–H and O–H groups in total. The Bertz CT molecular complexity index is 120. The number of hydrogen-bond acceptors (Lipinski definition) is 4. The van der Waals surface area contributed by atoms with Crippen LogP contribution in [0.15, 0.2) is 0 Å². The van der Waals surface area contributed by atoms with Gasteiger partial charge in [-0.25, -0.2) is 0 Å². The Labute approximate surface area is 48.9 Å². The van der Waals surface area contributed by atoms with Gasteiger partial charge in [0.2, 0.25) is 0 Å². The Balaban J connectivity index is 3.72. The van der Waals surface area contributed by atoms with Gasteiger partial charge in [-0.05, 0) is 0 Å². The summed E-state index contributed by atoms with van der Waals surface area (Å²) < 4.78 is 25.9. The van der Waals surface area contributed by atoms with Gasteiger partial charge in [-0.2, -0.15) is 0 Å². The van der Waals surface area contributed by atoms with Crippen LogP contribution in [0.2, 0.25) is 0 Å². The summed E-state index contributed by atoms with van der Waals surface area (Å²) in [6.07, 6.45) is 0. The molecule has 0 saturated carbocycles. The van der Waals surface area contributed by atoms with Crippen LogP contribution in [0, 0.1) is 0 Å². The summed E-state index contributed by atoms with van der Waals surface area (Å²) in [6, 6.07) is 0. The van der Waals surface area contributed by atoms with Crippen molar-refractivity contribution in [2.75, 3.05) is 7.11 Å². The third-order valence-corrected chi connectivity index (χ3v) is 2.11. The van der Waals surface area contributed by atoms with Crippen LogP contribution in [0.4, 0.5) is 0 Å². The number of hydrogen-bond donors (Lipinski definition) is 1. The molecule has 48 valence electrons. The van der Waals surface area contributed by atoms with E-state index in [0.29, 0.717) is 0 Å². The van der Waals surface area contributed by atoms with Crippen LogP contribution in [0.25, 0.3) is 0 Å². The number of rotatable bonds is 3. The van der Waals surface area contributed by atoms with Crippen LogP contribution in [0.3, 0.4) is 0 Å². The van der Waals surface area contributed by atoms with Gasteiger partial charge in [-0.1, -0.05) is 0 Å². The van der Waals surface area contributed by atoms with Gasteiger partial charge in [0.15, 0.2) is 0 Å². The van der Waals surface area contributed by atoms with E-state index in [1.165, 1.54) is 0 Å². The summed E-state index contributed by atoms with van der Waals surface area (Å²) in [5.74, 6) is 0. The second kappa shape index (κ2) is 2.91. The predicted octanol–water partition coefficient (Wildman–Crippen LogP) is -1.34. The maximum absolute atomic E-state index is 10.1. The average Bonchev–Trinajstić information content (AvgIpc) is 1.67. The Morgan fingerprint density at radius 2 is 2.25 bits per heavy atom. The van der Waals surface area contributed by atoms with Crippen LogP contribution in [0.1, 0.15) is 0 Å². The van der Waals surface area contributed by atoms with Gasteiger partial charge in [-0.15, -0.1) is 0 Å². The van der Waals surface area contributed by atoms with Gasteiger partial charge in [0.1, 0.15) is 0 Å². The number of carbonyl (C=O) groups excluding carboxylic acids is 1. The first-order chi connectivity index (χ1) is 3.62. The second-order valence-electron chi connectivity index (χ2n) is 0.853. The van der Waals surface area contributed by atoms with Crippen molar-refractivity contribution < 1.29 is 20.1 Å². The van der Waals surface area contributed by atoms with Crippen molar-refractivity contribution in [3.8, 4) is 0 Å². The molecule has 0 bridgehead atoms. The van der Waals surface area contributed by atoms with Crippen molar-refractivity contribution in [3.05, 3.63) is 0 Å². The minimum absolute atomic E-state index is 0.122. The molecule has 0 saturated heterocycles. The molecule has 0 aliphatic carbocycles. The van der Waals surface area contributed by atoms with Gasteiger partial charge in [-0.3, -0.25) is 0 Å². The predicted molar refractivity (Wildman–Crippen MR) is 22.8 cm³/mol. The molecule has 8 heavy (non-hydrogen) atoms. The topological polar surface area (TPSA) is 72.8 Å². The molecule has 0 aromatic carbocycles. The van der Waals surface area contributed by atoms with E-state index < -0.39 is 14.5 Å². The zero-order valence-electron chi connectivity index (χ0n) is 4.10. The third-order valence-electron chi connectivity index (χ3n) is 0.407. The van der Waals surface area contributed by atoms with Crippen LogP contribution in [0.5, 0.6) is 0 Å². The zero-order valence-corrected chi connectivity index (χ0v) is 5.98. The molecule has 5 nitrogen and oxygen atoms in total. The Morgan fingerprint density at radius 1 is 1.75 bits per heavy atom. The Hall–Kier alpha value is -0.252. The maximum atomic E-state index is 10.1. The monoisotopic (exact) mass is 184 g/mol. The summed E-state index contributed by atoms with van der Waals surface area (Å²) in [4.78, 5) is 9.36. The molecule has 0 rings (SSSR count). The molecule has 0 fully saturated rings. The molecule has 0 aliphatic heterocycles. The van der Waals surface area contributed by atoms with Crippen molar-refractivity contribution in [3.63, 3.8) is 0 Å². The second-order valence-corrected chi connectivity index (χ2v) is 4.03. The average molecular weight is 184 g/mol. The van der Waals surface area contributed by atoms with E-state index >= 15 is 0 Å². The standard InChI is InChI=1S/C2H5AsO5/c1-7-3(5,6)8-2-4/h2H,1H3,(H,5,6). The van der Waals surface area contributed by atoms with Crippen LogP contribution < -0.4 is 0 Å². The molecule has 1 atom stereocenters. The first kappa shape index (κ1) is 7.75. The van der Waals surface area contributed by atoms with E-state index in [1.54, 1.807) is 0 Å². The molecule has 0 aromatic heterocycles. The van der Waals surface area contributed by atoms with Gasteiger partial charge in [0.05, 0.1) is 0 Å². The molecular weight excluding hydrogens is 179 g/mol. The fourth-order valence-corrected chi connectivity index (χ4v) is 0.506. The zero-order chi connectivity index (χ0) is 6.62. The van der Waals surface area contributed by atoms with E-state index in [0.717, 1.165) is 7.11 Å². The summed E-state index contributed by atoms with van der Waals surface area (Å²) in [6.45, 7) is -0.122. The molecule has 0 spiro atoms. The third kappa shape index (κ3) is 2.85. The molecule has 0 aliphatic rings.